The standard InChI is InChI=1S/C21H28N2O3/c1-5-23(4)18-11-9-17(10-12-18)21(25)22-13-19(24)14-26-20-15(2)7-6-8-16(20)3/h6-12,19,24H,5,13-14H2,1-4H3,(H,22,25). The van der Waals surface area contributed by atoms with Crippen LogP contribution in [0.4, 0.5) is 5.69 Å². The average molecular weight is 356 g/mol. The van der Waals surface area contributed by atoms with Crippen molar-refractivity contribution in [2.24, 2.45) is 0 Å². The zero-order valence-corrected chi connectivity index (χ0v) is 16.0. The maximum absolute atomic E-state index is 12.2. The fourth-order valence-corrected chi connectivity index (χ4v) is 2.63. The molecule has 2 N–H and O–H groups in total. The maximum Gasteiger partial charge on any atom is 0.251 e. The zero-order chi connectivity index (χ0) is 19.1. The number of nitrogens with one attached hydrogen (secondary N) is 1. The van der Waals surface area contributed by atoms with Gasteiger partial charge in [0, 0.05) is 31.4 Å². The molecule has 1 atom stereocenters. The van der Waals surface area contributed by atoms with Crippen molar-refractivity contribution in [1.29, 1.82) is 0 Å². The van der Waals surface area contributed by atoms with E-state index in [0.29, 0.717) is 5.56 Å². The zero-order valence-electron chi connectivity index (χ0n) is 16.0. The van der Waals surface area contributed by atoms with Gasteiger partial charge in [-0.2, -0.15) is 0 Å². The Morgan fingerprint density at radius 1 is 1.15 bits per heavy atom. The molecule has 2 aromatic rings. The van der Waals surface area contributed by atoms with E-state index in [1.165, 1.54) is 0 Å². The number of anilines is 1. The summed E-state index contributed by atoms with van der Waals surface area (Å²) in [6.45, 7) is 7.18. The number of hydrogen-bond donors (Lipinski definition) is 2. The molecule has 0 saturated carbocycles. The summed E-state index contributed by atoms with van der Waals surface area (Å²) >= 11 is 0. The predicted molar refractivity (Wildman–Crippen MR) is 105 cm³/mol. The molecule has 0 bridgehead atoms. The number of aliphatic hydroxyl groups excluding tert-OH is 1. The molecule has 1 amide bonds. The second kappa shape index (κ2) is 9.25. The van der Waals surface area contributed by atoms with E-state index in [4.69, 9.17) is 4.74 Å². The van der Waals surface area contributed by atoms with E-state index in [-0.39, 0.29) is 19.1 Å². The molecule has 0 saturated heterocycles. The van der Waals surface area contributed by atoms with E-state index >= 15 is 0 Å². The van der Waals surface area contributed by atoms with Gasteiger partial charge < -0.3 is 20.1 Å². The summed E-state index contributed by atoms with van der Waals surface area (Å²) in [6.07, 6.45) is -0.775. The van der Waals surface area contributed by atoms with Crippen LogP contribution in [0.25, 0.3) is 0 Å². The van der Waals surface area contributed by atoms with Gasteiger partial charge in [0.15, 0.2) is 0 Å². The molecule has 140 valence electrons. The Morgan fingerprint density at radius 2 is 1.77 bits per heavy atom. The summed E-state index contributed by atoms with van der Waals surface area (Å²) in [5.74, 6) is 0.579. The smallest absolute Gasteiger partial charge is 0.251 e. The molecule has 5 nitrogen and oxygen atoms in total. The van der Waals surface area contributed by atoms with Crippen molar-refractivity contribution < 1.29 is 14.6 Å². The highest BCUT2D eigenvalue weighted by atomic mass is 16.5. The number of aliphatic hydroxyl groups is 1. The minimum absolute atomic E-state index is 0.131. The van der Waals surface area contributed by atoms with Gasteiger partial charge in [-0.3, -0.25) is 4.79 Å². The number of benzene rings is 2. The SMILES string of the molecule is CCN(C)c1ccc(C(=O)NCC(O)COc2c(C)cccc2C)cc1. The number of aryl methyl sites for hydroxylation is 2. The van der Waals surface area contributed by atoms with Gasteiger partial charge in [-0.1, -0.05) is 18.2 Å². The quantitative estimate of drug-likeness (QED) is 0.763. The highest BCUT2D eigenvalue weighted by molar-refractivity contribution is 5.94. The van der Waals surface area contributed by atoms with Crippen LogP contribution in [0.2, 0.25) is 0 Å². The van der Waals surface area contributed by atoms with Crippen LogP contribution in [-0.4, -0.2) is 43.9 Å². The lowest BCUT2D eigenvalue weighted by Gasteiger charge is -2.17. The lowest BCUT2D eigenvalue weighted by Crippen LogP contribution is -2.35. The lowest BCUT2D eigenvalue weighted by molar-refractivity contribution is 0.0841. The number of amides is 1. The third-order valence-corrected chi connectivity index (χ3v) is 4.37. The fourth-order valence-electron chi connectivity index (χ4n) is 2.63. The number of nitrogens with zero attached hydrogens (tertiary/aromatic N) is 1. The molecule has 0 aliphatic rings. The number of rotatable bonds is 8. The summed E-state index contributed by atoms with van der Waals surface area (Å²) in [5.41, 5.74) is 3.68. The van der Waals surface area contributed by atoms with Crippen LogP contribution in [0.3, 0.4) is 0 Å². The number of carbonyl (C=O) groups excluding carboxylic acids is 1. The van der Waals surface area contributed by atoms with E-state index < -0.39 is 6.10 Å². The second-order valence-corrected chi connectivity index (χ2v) is 6.46. The molecule has 0 heterocycles. The topological polar surface area (TPSA) is 61.8 Å². The van der Waals surface area contributed by atoms with Crippen LogP contribution in [0.15, 0.2) is 42.5 Å². The van der Waals surface area contributed by atoms with Gasteiger partial charge in [-0.05, 0) is 56.2 Å². The molecule has 0 radical (unpaired) electrons. The van der Waals surface area contributed by atoms with E-state index in [9.17, 15) is 9.90 Å². The third-order valence-electron chi connectivity index (χ3n) is 4.37. The van der Waals surface area contributed by atoms with E-state index in [1.54, 1.807) is 12.1 Å². The molecule has 0 fully saturated rings. The molecule has 2 rings (SSSR count). The van der Waals surface area contributed by atoms with E-state index in [2.05, 4.69) is 17.1 Å². The minimum Gasteiger partial charge on any atom is -0.490 e. The molecular formula is C21H28N2O3. The van der Waals surface area contributed by atoms with Crippen molar-refractivity contribution in [3.05, 3.63) is 59.2 Å². The van der Waals surface area contributed by atoms with Crippen LogP contribution in [-0.2, 0) is 0 Å². The molecular weight excluding hydrogens is 328 g/mol. The first-order valence-corrected chi connectivity index (χ1v) is 8.88. The van der Waals surface area contributed by atoms with Gasteiger partial charge in [0.25, 0.3) is 5.91 Å². The monoisotopic (exact) mass is 356 g/mol. The van der Waals surface area contributed by atoms with Crippen LogP contribution in [0, 0.1) is 13.8 Å². The Bertz CT molecular complexity index is 708. The molecule has 0 spiro atoms. The van der Waals surface area contributed by atoms with Crippen LogP contribution in [0.5, 0.6) is 5.75 Å². The number of para-hydroxylation sites is 1. The predicted octanol–water partition coefficient (Wildman–Crippen LogP) is 2.93. The average Bonchev–Trinajstić information content (AvgIpc) is 2.65. The first kappa shape index (κ1) is 19.8. The molecule has 0 aliphatic heterocycles. The maximum atomic E-state index is 12.2. The number of carbonyl (C=O) groups is 1. The summed E-state index contributed by atoms with van der Waals surface area (Å²) in [4.78, 5) is 14.3. The van der Waals surface area contributed by atoms with Crippen LogP contribution in [0.1, 0.15) is 28.4 Å². The summed E-state index contributed by atoms with van der Waals surface area (Å²) in [7, 11) is 2.00. The Hall–Kier alpha value is -2.53. The van der Waals surface area contributed by atoms with Crippen molar-refractivity contribution in [3.63, 3.8) is 0 Å². The van der Waals surface area contributed by atoms with Gasteiger partial charge in [0.1, 0.15) is 18.5 Å². The summed E-state index contributed by atoms with van der Waals surface area (Å²) in [5, 5.41) is 12.8. The van der Waals surface area contributed by atoms with Crippen molar-refractivity contribution in [2.75, 3.05) is 31.6 Å². The van der Waals surface area contributed by atoms with Crippen molar-refractivity contribution in [1.82, 2.24) is 5.32 Å². The summed E-state index contributed by atoms with van der Waals surface area (Å²) < 4.78 is 5.71. The van der Waals surface area contributed by atoms with Gasteiger partial charge in [-0.15, -0.1) is 0 Å². The third kappa shape index (κ3) is 5.23. The second-order valence-electron chi connectivity index (χ2n) is 6.46. The molecule has 5 heteroatoms. The van der Waals surface area contributed by atoms with Crippen LogP contribution >= 0.6 is 0 Å². The molecule has 0 aliphatic carbocycles. The van der Waals surface area contributed by atoms with Crippen molar-refractivity contribution in [2.45, 2.75) is 26.9 Å². The van der Waals surface area contributed by atoms with Gasteiger partial charge >= 0.3 is 0 Å². The fraction of sp³-hybridized carbons (Fsp3) is 0.381. The normalized spacial score (nSPS) is 11.7. The van der Waals surface area contributed by atoms with Gasteiger partial charge in [0.05, 0.1) is 0 Å². The largest absolute Gasteiger partial charge is 0.490 e. The Kier molecular flexibility index (Phi) is 7.04. The van der Waals surface area contributed by atoms with E-state index in [0.717, 1.165) is 29.1 Å². The lowest BCUT2D eigenvalue weighted by atomic mass is 10.1. The number of hydrogen-bond acceptors (Lipinski definition) is 4. The highest BCUT2D eigenvalue weighted by Crippen LogP contribution is 2.22. The van der Waals surface area contributed by atoms with E-state index in [1.807, 2.05) is 51.2 Å². The van der Waals surface area contributed by atoms with Gasteiger partial charge in [-0.25, -0.2) is 0 Å². The Balaban J connectivity index is 1.83. The highest BCUT2D eigenvalue weighted by Gasteiger charge is 2.12. The van der Waals surface area contributed by atoms with Crippen molar-refractivity contribution in [3.8, 4) is 5.75 Å². The molecule has 2 aromatic carbocycles. The van der Waals surface area contributed by atoms with Crippen molar-refractivity contribution >= 4 is 11.6 Å². The Labute approximate surface area is 155 Å². The molecule has 0 aromatic heterocycles. The molecule has 26 heavy (non-hydrogen) atoms. The first-order valence-electron chi connectivity index (χ1n) is 8.88. The Morgan fingerprint density at radius 3 is 2.35 bits per heavy atom. The first-order chi connectivity index (χ1) is 12.4. The molecule has 1 unspecified atom stereocenters. The van der Waals surface area contributed by atoms with Crippen LogP contribution < -0.4 is 15.0 Å². The van der Waals surface area contributed by atoms with Gasteiger partial charge in [0.2, 0.25) is 0 Å². The number of ether oxygens (including phenoxy) is 1. The summed E-state index contributed by atoms with van der Waals surface area (Å²) in [6, 6.07) is 13.3. The minimum atomic E-state index is -0.775.